The zero-order chi connectivity index (χ0) is 25.9. The SMILES string of the molecule is COc1ccc(C(=O)N(CC(=O)N2CCc3sccc3[C@H]2COc2ccc(Cl)cc2)C(C)(C)C)cc1. The first-order chi connectivity index (χ1) is 17.2. The maximum Gasteiger partial charge on any atom is 0.254 e. The molecule has 6 nitrogen and oxygen atoms in total. The number of hydrogen-bond acceptors (Lipinski definition) is 5. The van der Waals surface area contributed by atoms with Gasteiger partial charge in [-0.1, -0.05) is 11.6 Å². The van der Waals surface area contributed by atoms with Gasteiger partial charge >= 0.3 is 0 Å². The van der Waals surface area contributed by atoms with Crippen molar-refractivity contribution in [1.82, 2.24) is 9.80 Å². The minimum absolute atomic E-state index is 0.0225. The van der Waals surface area contributed by atoms with E-state index in [9.17, 15) is 9.59 Å². The Labute approximate surface area is 221 Å². The van der Waals surface area contributed by atoms with E-state index < -0.39 is 5.54 Å². The number of rotatable bonds is 7. The van der Waals surface area contributed by atoms with Gasteiger partial charge in [-0.05, 0) is 92.7 Å². The molecule has 0 saturated carbocycles. The number of thiophene rings is 1. The van der Waals surface area contributed by atoms with Gasteiger partial charge in [0.2, 0.25) is 5.91 Å². The van der Waals surface area contributed by atoms with Crippen LogP contribution in [-0.2, 0) is 11.2 Å². The second-order valence-electron chi connectivity index (χ2n) is 9.71. The molecule has 3 aromatic rings. The lowest BCUT2D eigenvalue weighted by Crippen LogP contribution is -2.53. The first-order valence-corrected chi connectivity index (χ1v) is 13.1. The summed E-state index contributed by atoms with van der Waals surface area (Å²) in [4.78, 5) is 32.0. The molecule has 2 amide bonds. The normalized spacial score (nSPS) is 15.2. The molecule has 0 saturated heterocycles. The molecular weight excluding hydrogens is 496 g/mol. The topological polar surface area (TPSA) is 59.1 Å². The molecule has 2 aromatic carbocycles. The molecule has 0 spiro atoms. The summed E-state index contributed by atoms with van der Waals surface area (Å²) in [7, 11) is 1.58. The van der Waals surface area contributed by atoms with Crippen LogP contribution in [0.3, 0.4) is 0 Å². The van der Waals surface area contributed by atoms with Gasteiger partial charge in [0.1, 0.15) is 24.7 Å². The molecule has 190 valence electrons. The number of ether oxygens (including phenoxy) is 2. The van der Waals surface area contributed by atoms with Crippen molar-refractivity contribution in [3.05, 3.63) is 81.0 Å². The molecule has 0 radical (unpaired) electrons. The van der Waals surface area contributed by atoms with Crippen LogP contribution in [0.15, 0.2) is 60.0 Å². The Kier molecular flexibility index (Phi) is 7.91. The summed E-state index contributed by atoms with van der Waals surface area (Å²) >= 11 is 7.71. The molecule has 0 aliphatic carbocycles. The van der Waals surface area contributed by atoms with Gasteiger partial charge in [0.15, 0.2) is 0 Å². The average Bonchev–Trinajstić information content (AvgIpc) is 3.35. The third kappa shape index (κ3) is 5.85. The van der Waals surface area contributed by atoms with Crippen molar-refractivity contribution in [3.63, 3.8) is 0 Å². The number of carbonyl (C=O) groups excluding carboxylic acids is 2. The largest absolute Gasteiger partial charge is 0.497 e. The molecule has 1 aromatic heterocycles. The lowest BCUT2D eigenvalue weighted by Gasteiger charge is -2.40. The second-order valence-corrected chi connectivity index (χ2v) is 11.1. The lowest BCUT2D eigenvalue weighted by atomic mass is 9.99. The van der Waals surface area contributed by atoms with Crippen LogP contribution in [0.2, 0.25) is 5.02 Å². The lowest BCUT2D eigenvalue weighted by molar-refractivity contribution is -0.136. The molecule has 0 N–H and O–H groups in total. The van der Waals surface area contributed by atoms with E-state index >= 15 is 0 Å². The van der Waals surface area contributed by atoms with Gasteiger partial charge in [0.05, 0.1) is 13.2 Å². The Balaban J connectivity index is 1.54. The number of hydrogen-bond donors (Lipinski definition) is 0. The van der Waals surface area contributed by atoms with Crippen LogP contribution >= 0.6 is 22.9 Å². The van der Waals surface area contributed by atoms with Crippen LogP contribution in [0.1, 0.15) is 47.6 Å². The molecule has 1 aliphatic rings. The minimum Gasteiger partial charge on any atom is -0.497 e. The number of methoxy groups -OCH3 is 1. The monoisotopic (exact) mass is 526 g/mol. The fourth-order valence-corrected chi connectivity index (χ4v) is 5.36. The second kappa shape index (κ2) is 10.9. The number of carbonyl (C=O) groups is 2. The molecule has 0 unspecified atom stereocenters. The predicted molar refractivity (Wildman–Crippen MR) is 143 cm³/mol. The standard InChI is InChI=1S/C28H31ClN2O4S/c1-28(2,3)31(27(33)19-5-9-21(34-4)10-6-19)17-26(32)30-15-13-25-23(14-16-36-25)24(30)18-35-22-11-7-20(29)8-12-22/h5-12,14,16,24H,13,15,17-18H2,1-4H3/t24-/m1/s1. The van der Waals surface area contributed by atoms with Crippen LogP contribution < -0.4 is 9.47 Å². The number of halogens is 1. The molecule has 0 fully saturated rings. The Bertz CT molecular complexity index is 1200. The minimum atomic E-state index is -0.550. The van der Waals surface area contributed by atoms with Crippen molar-refractivity contribution in [2.24, 2.45) is 0 Å². The van der Waals surface area contributed by atoms with E-state index in [2.05, 4.69) is 11.4 Å². The van der Waals surface area contributed by atoms with Crippen molar-refractivity contribution in [3.8, 4) is 11.5 Å². The summed E-state index contributed by atoms with van der Waals surface area (Å²) in [6.07, 6.45) is 0.790. The number of fused-ring (bicyclic) bond motifs is 1. The summed E-state index contributed by atoms with van der Waals surface area (Å²) in [5, 5.41) is 2.70. The van der Waals surface area contributed by atoms with E-state index in [1.165, 1.54) is 4.88 Å². The van der Waals surface area contributed by atoms with Crippen LogP contribution in [0.4, 0.5) is 0 Å². The predicted octanol–water partition coefficient (Wildman–Crippen LogP) is 5.86. The van der Waals surface area contributed by atoms with E-state index in [1.807, 2.05) is 37.8 Å². The molecular formula is C28H31ClN2O4S. The van der Waals surface area contributed by atoms with E-state index in [0.717, 1.165) is 12.0 Å². The average molecular weight is 527 g/mol. The van der Waals surface area contributed by atoms with Crippen molar-refractivity contribution in [1.29, 1.82) is 0 Å². The van der Waals surface area contributed by atoms with Crippen molar-refractivity contribution < 1.29 is 19.1 Å². The Hall–Kier alpha value is -3.03. The summed E-state index contributed by atoms with van der Waals surface area (Å²) in [6, 6.07) is 16.0. The van der Waals surface area contributed by atoms with Crippen molar-refractivity contribution in [2.75, 3.05) is 26.8 Å². The van der Waals surface area contributed by atoms with E-state index in [4.69, 9.17) is 21.1 Å². The Morgan fingerprint density at radius 2 is 1.72 bits per heavy atom. The smallest absolute Gasteiger partial charge is 0.254 e. The van der Waals surface area contributed by atoms with E-state index in [-0.39, 0.29) is 24.4 Å². The van der Waals surface area contributed by atoms with Crippen LogP contribution in [-0.4, -0.2) is 54.0 Å². The van der Waals surface area contributed by atoms with Crippen molar-refractivity contribution >= 4 is 34.8 Å². The maximum atomic E-state index is 13.7. The van der Waals surface area contributed by atoms with Crippen molar-refractivity contribution in [2.45, 2.75) is 38.8 Å². The number of amides is 2. The van der Waals surface area contributed by atoms with Gasteiger partial charge < -0.3 is 19.3 Å². The fraction of sp³-hybridized carbons (Fsp3) is 0.357. The summed E-state index contributed by atoms with van der Waals surface area (Å²) < 4.78 is 11.3. The highest BCUT2D eigenvalue weighted by atomic mass is 35.5. The molecule has 8 heteroatoms. The highest BCUT2D eigenvalue weighted by molar-refractivity contribution is 7.10. The van der Waals surface area contributed by atoms with Gasteiger partial charge in [-0.3, -0.25) is 9.59 Å². The van der Waals surface area contributed by atoms with E-state index in [0.29, 0.717) is 35.2 Å². The highest BCUT2D eigenvalue weighted by Crippen LogP contribution is 2.34. The molecule has 4 rings (SSSR count). The number of benzene rings is 2. The zero-order valence-electron chi connectivity index (χ0n) is 21.0. The van der Waals surface area contributed by atoms with Gasteiger partial charge in [-0.2, -0.15) is 0 Å². The first kappa shape index (κ1) is 26.0. The first-order valence-electron chi connectivity index (χ1n) is 11.9. The fourth-order valence-electron chi connectivity index (χ4n) is 4.31. The highest BCUT2D eigenvalue weighted by Gasteiger charge is 2.36. The molecule has 1 aliphatic heterocycles. The summed E-state index contributed by atoms with van der Waals surface area (Å²) in [5.41, 5.74) is 1.07. The van der Waals surface area contributed by atoms with Gasteiger partial charge in [-0.15, -0.1) is 11.3 Å². The van der Waals surface area contributed by atoms with Crippen LogP contribution in [0, 0.1) is 0 Å². The molecule has 2 heterocycles. The molecule has 36 heavy (non-hydrogen) atoms. The zero-order valence-corrected chi connectivity index (χ0v) is 22.6. The van der Waals surface area contributed by atoms with Crippen LogP contribution in [0.25, 0.3) is 0 Å². The molecule has 1 atom stereocenters. The third-order valence-electron chi connectivity index (χ3n) is 6.32. The quantitative estimate of drug-likeness (QED) is 0.387. The number of nitrogens with zero attached hydrogens (tertiary/aromatic N) is 2. The van der Waals surface area contributed by atoms with Gasteiger partial charge in [-0.25, -0.2) is 0 Å². The summed E-state index contributed by atoms with van der Waals surface area (Å²) in [5.74, 6) is 1.07. The molecule has 0 bridgehead atoms. The van der Waals surface area contributed by atoms with Crippen LogP contribution in [0.5, 0.6) is 11.5 Å². The van der Waals surface area contributed by atoms with Gasteiger partial charge in [0, 0.05) is 27.5 Å². The maximum absolute atomic E-state index is 13.7. The Morgan fingerprint density at radius 3 is 2.36 bits per heavy atom. The Morgan fingerprint density at radius 1 is 1.06 bits per heavy atom. The van der Waals surface area contributed by atoms with E-state index in [1.54, 1.807) is 59.7 Å². The summed E-state index contributed by atoms with van der Waals surface area (Å²) in [6.45, 7) is 6.70. The van der Waals surface area contributed by atoms with Gasteiger partial charge in [0.25, 0.3) is 5.91 Å². The third-order valence-corrected chi connectivity index (χ3v) is 7.57.